The van der Waals surface area contributed by atoms with Crippen molar-refractivity contribution < 1.29 is 0 Å². The molecular formula is C16H36. The fourth-order valence-corrected chi connectivity index (χ4v) is 2.08. The van der Waals surface area contributed by atoms with Crippen LogP contribution in [0.25, 0.3) is 0 Å². The van der Waals surface area contributed by atoms with Crippen molar-refractivity contribution in [2.24, 2.45) is 11.3 Å². The highest BCUT2D eigenvalue weighted by Crippen LogP contribution is 2.23. The Morgan fingerprint density at radius 2 is 1.12 bits per heavy atom. The second-order valence-corrected chi connectivity index (χ2v) is 6.57. The zero-order chi connectivity index (χ0) is 13.0. The van der Waals surface area contributed by atoms with Gasteiger partial charge in [-0.15, -0.1) is 0 Å². The molecule has 0 heterocycles. The van der Waals surface area contributed by atoms with E-state index in [1.54, 1.807) is 0 Å². The van der Waals surface area contributed by atoms with Gasteiger partial charge in [-0.2, -0.15) is 0 Å². The molecule has 0 aromatic rings. The summed E-state index contributed by atoms with van der Waals surface area (Å²) in [5.74, 6) is 0.843. The van der Waals surface area contributed by atoms with Crippen molar-refractivity contribution >= 4 is 0 Å². The maximum absolute atomic E-state index is 2.28. The van der Waals surface area contributed by atoms with E-state index < -0.39 is 0 Å². The molecular weight excluding hydrogens is 192 g/mol. The molecule has 0 spiro atoms. The first-order valence-corrected chi connectivity index (χ1v) is 7.33. The Balaban J connectivity index is 0. The standard InChI is InChI=1S/2C8H18/c1-7(2)6-8(3,4)5;1-3-5-7-8-6-4-2/h7H,6H2,1-5H3;3-8H2,1-2H3. The average molecular weight is 228 g/mol. The molecule has 0 radical (unpaired) electrons. The minimum atomic E-state index is 0.522. The number of hydrogen-bond donors (Lipinski definition) is 0. The lowest BCUT2D eigenvalue weighted by Gasteiger charge is -2.19. The summed E-state index contributed by atoms with van der Waals surface area (Å²) in [6.45, 7) is 15.9. The van der Waals surface area contributed by atoms with Crippen molar-refractivity contribution in [2.75, 3.05) is 0 Å². The van der Waals surface area contributed by atoms with E-state index in [2.05, 4.69) is 48.5 Å². The minimum Gasteiger partial charge on any atom is -0.0654 e. The van der Waals surface area contributed by atoms with Gasteiger partial charge in [0, 0.05) is 0 Å². The molecule has 100 valence electrons. The second-order valence-electron chi connectivity index (χ2n) is 6.57. The fourth-order valence-electron chi connectivity index (χ4n) is 2.08. The molecule has 0 saturated carbocycles. The van der Waals surface area contributed by atoms with Gasteiger partial charge < -0.3 is 0 Å². The Morgan fingerprint density at radius 1 is 0.750 bits per heavy atom. The number of rotatable bonds is 6. The topological polar surface area (TPSA) is 0 Å². The summed E-state index contributed by atoms with van der Waals surface area (Å²) in [6, 6.07) is 0. The van der Waals surface area contributed by atoms with Gasteiger partial charge >= 0.3 is 0 Å². The highest BCUT2D eigenvalue weighted by Gasteiger charge is 2.11. The predicted molar refractivity (Wildman–Crippen MR) is 78.0 cm³/mol. The predicted octanol–water partition coefficient (Wildman–Crippen LogP) is 6.45. The number of hydrogen-bond acceptors (Lipinski definition) is 0. The van der Waals surface area contributed by atoms with Gasteiger partial charge in [-0.25, -0.2) is 0 Å². The third-order valence-electron chi connectivity index (χ3n) is 2.48. The summed E-state index contributed by atoms with van der Waals surface area (Å²) in [4.78, 5) is 0. The monoisotopic (exact) mass is 228 g/mol. The molecule has 0 aliphatic rings. The smallest absolute Gasteiger partial charge is 0.0380 e. The minimum absolute atomic E-state index is 0.522. The SMILES string of the molecule is CC(C)CC(C)(C)C.CCCCCCCC. The molecule has 0 aromatic carbocycles. The van der Waals surface area contributed by atoms with E-state index in [1.165, 1.54) is 44.9 Å². The first-order valence-electron chi connectivity index (χ1n) is 7.33. The first kappa shape index (κ1) is 18.4. The number of unbranched alkanes of at least 4 members (excludes halogenated alkanes) is 5. The zero-order valence-corrected chi connectivity index (χ0v) is 13.0. The van der Waals surface area contributed by atoms with Gasteiger partial charge in [-0.05, 0) is 17.8 Å². The van der Waals surface area contributed by atoms with Crippen molar-refractivity contribution in [2.45, 2.75) is 93.4 Å². The van der Waals surface area contributed by atoms with Crippen molar-refractivity contribution in [1.29, 1.82) is 0 Å². The molecule has 0 unspecified atom stereocenters. The van der Waals surface area contributed by atoms with Crippen LogP contribution >= 0.6 is 0 Å². The Morgan fingerprint density at radius 3 is 1.25 bits per heavy atom. The summed E-state index contributed by atoms with van der Waals surface area (Å²) in [5, 5.41) is 0. The summed E-state index contributed by atoms with van der Waals surface area (Å²) in [5.41, 5.74) is 0.522. The van der Waals surface area contributed by atoms with E-state index in [9.17, 15) is 0 Å². The van der Waals surface area contributed by atoms with Crippen LogP contribution in [0.5, 0.6) is 0 Å². The molecule has 0 fully saturated rings. The lowest BCUT2D eigenvalue weighted by atomic mass is 9.86. The molecule has 16 heavy (non-hydrogen) atoms. The van der Waals surface area contributed by atoms with Gasteiger partial charge in [0.25, 0.3) is 0 Å². The van der Waals surface area contributed by atoms with E-state index in [0.29, 0.717) is 5.41 Å². The highest BCUT2D eigenvalue weighted by atomic mass is 14.2. The third kappa shape index (κ3) is 23.7. The summed E-state index contributed by atoms with van der Waals surface area (Å²) in [7, 11) is 0. The summed E-state index contributed by atoms with van der Waals surface area (Å²) < 4.78 is 0. The lowest BCUT2D eigenvalue weighted by Crippen LogP contribution is -2.08. The van der Waals surface area contributed by atoms with Crippen LogP contribution in [0.2, 0.25) is 0 Å². The van der Waals surface area contributed by atoms with Crippen molar-refractivity contribution in [3.05, 3.63) is 0 Å². The van der Waals surface area contributed by atoms with Crippen LogP contribution in [0.4, 0.5) is 0 Å². The quantitative estimate of drug-likeness (QED) is 0.458. The Kier molecular flexibility index (Phi) is 13.2. The van der Waals surface area contributed by atoms with E-state index in [0.717, 1.165) is 5.92 Å². The normalized spacial score (nSPS) is 11.2. The molecule has 0 saturated heterocycles. The lowest BCUT2D eigenvalue weighted by molar-refractivity contribution is 0.320. The third-order valence-corrected chi connectivity index (χ3v) is 2.48. The van der Waals surface area contributed by atoms with Crippen LogP contribution in [0.1, 0.15) is 93.4 Å². The first-order chi connectivity index (χ1) is 7.33. The van der Waals surface area contributed by atoms with E-state index in [4.69, 9.17) is 0 Å². The second kappa shape index (κ2) is 11.5. The molecule has 0 heteroatoms. The van der Waals surface area contributed by atoms with Crippen molar-refractivity contribution in [1.82, 2.24) is 0 Å². The zero-order valence-electron chi connectivity index (χ0n) is 13.0. The molecule has 0 N–H and O–H groups in total. The average Bonchev–Trinajstić information content (AvgIpc) is 2.09. The molecule has 0 aliphatic heterocycles. The molecule has 0 rings (SSSR count). The Bertz CT molecular complexity index is 110. The van der Waals surface area contributed by atoms with Crippen LogP contribution in [0, 0.1) is 11.3 Å². The van der Waals surface area contributed by atoms with Gasteiger partial charge in [0.05, 0.1) is 0 Å². The van der Waals surface area contributed by atoms with E-state index in [-0.39, 0.29) is 0 Å². The Hall–Kier alpha value is 0. The fraction of sp³-hybridized carbons (Fsp3) is 1.00. The molecule has 0 aliphatic carbocycles. The molecule has 0 aromatic heterocycles. The van der Waals surface area contributed by atoms with Gasteiger partial charge in [-0.1, -0.05) is 87.0 Å². The van der Waals surface area contributed by atoms with Gasteiger partial charge in [-0.3, -0.25) is 0 Å². The van der Waals surface area contributed by atoms with Gasteiger partial charge in [0.15, 0.2) is 0 Å². The van der Waals surface area contributed by atoms with Crippen LogP contribution in [-0.2, 0) is 0 Å². The summed E-state index contributed by atoms with van der Waals surface area (Å²) >= 11 is 0. The summed E-state index contributed by atoms with van der Waals surface area (Å²) in [6.07, 6.45) is 9.81. The Labute approximate surface area is 105 Å². The molecule has 0 bridgehead atoms. The maximum Gasteiger partial charge on any atom is -0.0380 e. The van der Waals surface area contributed by atoms with E-state index in [1.807, 2.05) is 0 Å². The van der Waals surface area contributed by atoms with Crippen molar-refractivity contribution in [3.63, 3.8) is 0 Å². The molecule has 0 nitrogen and oxygen atoms in total. The van der Waals surface area contributed by atoms with Crippen LogP contribution in [0.15, 0.2) is 0 Å². The molecule has 0 amide bonds. The van der Waals surface area contributed by atoms with Crippen LogP contribution in [0.3, 0.4) is 0 Å². The van der Waals surface area contributed by atoms with Crippen LogP contribution in [-0.4, -0.2) is 0 Å². The highest BCUT2D eigenvalue weighted by molar-refractivity contribution is 4.62. The van der Waals surface area contributed by atoms with Gasteiger partial charge in [0.1, 0.15) is 0 Å². The van der Waals surface area contributed by atoms with E-state index >= 15 is 0 Å². The molecule has 0 atom stereocenters. The maximum atomic E-state index is 2.28. The van der Waals surface area contributed by atoms with Gasteiger partial charge in [0.2, 0.25) is 0 Å². The largest absolute Gasteiger partial charge is 0.0654 e. The van der Waals surface area contributed by atoms with Crippen molar-refractivity contribution in [3.8, 4) is 0 Å². The van der Waals surface area contributed by atoms with Crippen LogP contribution < -0.4 is 0 Å².